The molecule has 5 nitrogen and oxygen atoms in total. The Morgan fingerprint density at radius 1 is 1.26 bits per heavy atom. The highest BCUT2D eigenvalue weighted by Crippen LogP contribution is 2.11. The van der Waals surface area contributed by atoms with Gasteiger partial charge in [0.05, 0.1) is 13.1 Å². The summed E-state index contributed by atoms with van der Waals surface area (Å²) in [6.45, 7) is 7.59. The maximum atomic E-state index is 5.54. The number of aromatic nitrogens is 2. The minimum Gasteiger partial charge on any atom is -0.465 e. The topological polar surface area (TPSA) is 55.3 Å². The molecule has 5 heteroatoms. The number of aryl methyl sites for hydroxylation is 1. The van der Waals surface area contributed by atoms with Crippen molar-refractivity contribution in [1.29, 1.82) is 0 Å². The first-order valence-corrected chi connectivity index (χ1v) is 6.58. The highest BCUT2D eigenvalue weighted by Gasteiger charge is 2.11. The van der Waals surface area contributed by atoms with Crippen LogP contribution >= 0.6 is 0 Å². The summed E-state index contributed by atoms with van der Waals surface area (Å²) in [6.07, 6.45) is 0.852. The zero-order valence-corrected chi connectivity index (χ0v) is 12.0. The maximum Gasteiger partial charge on any atom is 0.240 e. The van der Waals surface area contributed by atoms with Crippen LogP contribution in [0.25, 0.3) is 0 Å². The van der Waals surface area contributed by atoms with Crippen molar-refractivity contribution in [2.24, 2.45) is 5.92 Å². The number of hydrogen-bond acceptors (Lipinski definition) is 5. The van der Waals surface area contributed by atoms with Crippen LogP contribution in [0.1, 0.15) is 37.1 Å². The van der Waals surface area contributed by atoms with Crippen molar-refractivity contribution < 1.29 is 8.94 Å². The Morgan fingerprint density at radius 2 is 2.05 bits per heavy atom. The zero-order chi connectivity index (χ0) is 13.8. The number of furan rings is 1. The van der Waals surface area contributed by atoms with Crippen LogP contribution in [0.2, 0.25) is 0 Å². The number of hydrogen-bond donors (Lipinski definition) is 0. The average molecular weight is 263 g/mol. The van der Waals surface area contributed by atoms with Crippen molar-refractivity contribution in [1.82, 2.24) is 15.0 Å². The summed E-state index contributed by atoms with van der Waals surface area (Å²) in [6, 6.07) is 3.96. The van der Waals surface area contributed by atoms with Gasteiger partial charge >= 0.3 is 0 Å². The lowest BCUT2D eigenvalue weighted by Gasteiger charge is -2.11. The average Bonchev–Trinajstić information content (AvgIpc) is 2.88. The molecular weight excluding hydrogens is 242 g/mol. The normalized spacial score (nSPS) is 11.7. The van der Waals surface area contributed by atoms with E-state index in [1.807, 2.05) is 26.1 Å². The molecule has 0 fully saturated rings. The highest BCUT2D eigenvalue weighted by atomic mass is 16.5. The van der Waals surface area contributed by atoms with E-state index < -0.39 is 0 Å². The van der Waals surface area contributed by atoms with Crippen LogP contribution in [0.3, 0.4) is 0 Å². The summed E-state index contributed by atoms with van der Waals surface area (Å²) in [4.78, 5) is 6.48. The van der Waals surface area contributed by atoms with Gasteiger partial charge in [-0.25, -0.2) is 0 Å². The molecule has 0 N–H and O–H groups in total. The lowest BCUT2D eigenvalue weighted by atomic mass is 10.1. The van der Waals surface area contributed by atoms with Crippen LogP contribution < -0.4 is 0 Å². The van der Waals surface area contributed by atoms with E-state index in [1.54, 1.807) is 0 Å². The molecule has 2 heterocycles. The quantitative estimate of drug-likeness (QED) is 0.802. The van der Waals surface area contributed by atoms with E-state index in [0.29, 0.717) is 18.4 Å². The first kappa shape index (κ1) is 13.8. The Hall–Kier alpha value is -1.62. The molecule has 0 aliphatic heterocycles. The Bertz CT molecular complexity index is 516. The van der Waals surface area contributed by atoms with E-state index in [4.69, 9.17) is 8.94 Å². The van der Waals surface area contributed by atoms with Crippen molar-refractivity contribution in [3.8, 4) is 0 Å². The molecule has 104 valence electrons. The molecule has 0 aliphatic rings. The smallest absolute Gasteiger partial charge is 0.240 e. The molecule has 0 bridgehead atoms. The van der Waals surface area contributed by atoms with Crippen LogP contribution in [0.4, 0.5) is 0 Å². The van der Waals surface area contributed by atoms with Crippen LogP contribution in [0.5, 0.6) is 0 Å². The predicted molar refractivity (Wildman–Crippen MR) is 71.5 cm³/mol. The SMILES string of the molecule is Cc1ccc(CN(C)Cc2nc(CC(C)C)no2)o1. The number of nitrogens with zero attached hydrogens (tertiary/aromatic N) is 3. The van der Waals surface area contributed by atoms with Gasteiger partial charge in [-0.1, -0.05) is 19.0 Å². The minimum atomic E-state index is 0.536. The molecule has 0 unspecified atom stereocenters. The molecule has 2 rings (SSSR count). The summed E-state index contributed by atoms with van der Waals surface area (Å²) in [5.41, 5.74) is 0. The van der Waals surface area contributed by atoms with Gasteiger partial charge in [0.1, 0.15) is 11.5 Å². The maximum absolute atomic E-state index is 5.54. The van der Waals surface area contributed by atoms with Gasteiger partial charge in [-0.2, -0.15) is 4.98 Å². The molecular formula is C14H21N3O2. The highest BCUT2D eigenvalue weighted by molar-refractivity contribution is 5.05. The third kappa shape index (κ3) is 4.21. The molecule has 0 radical (unpaired) electrons. The van der Waals surface area contributed by atoms with Gasteiger partial charge in [-0.3, -0.25) is 4.90 Å². The fourth-order valence-corrected chi connectivity index (χ4v) is 1.93. The van der Waals surface area contributed by atoms with Gasteiger partial charge in [0.2, 0.25) is 5.89 Å². The van der Waals surface area contributed by atoms with Gasteiger partial charge in [0.15, 0.2) is 5.82 Å². The van der Waals surface area contributed by atoms with Crippen molar-refractivity contribution >= 4 is 0 Å². The van der Waals surface area contributed by atoms with Gasteiger partial charge in [-0.15, -0.1) is 0 Å². The fourth-order valence-electron chi connectivity index (χ4n) is 1.93. The molecule has 2 aromatic rings. The van der Waals surface area contributed by atoms with E-state index in [0.717, 1.165) is 30.3 Å². The van der Waals surface area contributed by atoms with E-state index in [-0.39, 0.29) is 0 Å². The van der Waals surface area contributed by atoms with E-state index in [2.05, 4.69) is 28.9 Å². The summed E-state index contributed by atoms with van der Waals surface area (Å²) in [5, 5.41) is 3.98. The fraction of sp³-hybridized carbons (Fsp3) is 0.571. The molecule has 2 aromatic heterocycles. The molecule has 0 aromatic carbocycles. The van der Waals surface area contributed by atoms with Gasteiger partial charge in [0.25, 0.3) is 0 Å². The first-order chi connectivity index (χ1) is 9.02. The van der Waals surface area contributed by atoms with Gasteiger partial charge in [0, 0.05) is 6.42 Å². The van der Waals surface area contributed by atoms with Gasteiger partial charge in [-0.05, 0) is 32.0 Å². The molecule has 0 spiro atoms. The first-order valence-electron chi connectivity index (χ1n) is 6.58. The predicted octanol–water partition coefficient (Wildman–Crippen LogP) is 2.80. The second kappa shape index (κ2) is 6.02. The van der Waals surface area contributed by atoms with Crippen LogP contribution in [0, 0.1) is 12.8 Å². The molecule has 0 amide bonds. The molecule has 19 heavy (non-hydrogen) atoms. The molecule has 0 aliphatic carbocycles. The van der Waals surface area contributed by atoms with E-state index in [9.17, 15) is 0 Å². The Balaban J connectivity index is 1.88. The van der Waals surface area contributed by atoms with Crippen molar-refractivity contribution in [3.05, 3.63) is 35.4 Å². The van der Waals surface area contributed by atoms with Crippen molar-refractivity contribution in [2.45, 2.75) is 40.3 Å². The Kier molecular flexibility index (Phi) is 4.37. The summed E-state index contributed by atoms with van der Waals surface area (Å²) in [5.74, 6) is 3.85. The molecule has 0 atom stereocenters. The standard InChI is InChI=1S/C14H21N3O2/c1-10(2)7-13-15-14(19-16-13)9-17(4)8-12-6-5-11(3)18-12/h5-6,10H,7-9H2,1-4H3. The number of rotatable bonds is 6. The minimum absolute atomic E-state index is 0.536. The van der Waals surface area contributed by atoms with Gasteiger partial charge < -0.3 is 8.94 Å². The second-order valence-corrected chi connectivity index (χ2v) is 5.39. The Morgan fingerprint density at radius 3 is 2.68 bits per heavy atom. The lowest BCUT2D eigenvalue weighted by molar-refractivity contribution is 0.242. The zero-order valence-electron chi connectivity index (χ0n) is 12.0. The third-order valence-corrected chi connectivity index (χ3v) is 2.73. The van der Waals surface area contributed by atoms with Crippen molar-refractivity contribution in [3.63, 3.8) is 0 Å². The summed E-state index contributed by atoms with van der Waals surface area (Å²) in [7, 11) is 2.00. The van der Waals surface area contributed by atoms with E-state index >= 15 is 0 Å². The van der Waals surface area contributed by atoms with Crippen LogP contribution in [-0.4, -0.2) is 22.1 Å². The van der Waals surface area contributed by atoms with Crippen molar-refractivity contribution in [2.75, 3.05) is 7.05 Å². The van der Waals surface area contributed by atoms with Crippen LogP contribution in [0.15, 0.2) is 21.1 Å². The van der Waals surface area contributed by atoms with Crippen LogP contribution in [-0.2, 0) is 19.5 Å². The second-order valence-electron chi connectivity index (χ2n) is 5.39. The molecule has 0 saturated heterocycles. The summed E-state index contributed by atoms with van der Waals surface area (Å²) >= 11 is 0. The lowest BCUT2D eigenvalue weighted by Crippen LogP contribution is -2.17. The monoisotopic (exact) mass is 263 g/mol. The van der Waals surface area contributed by atoms with E-state index in [1.165, 1.54) is 0 Å². The summed E-state index contributed by atoms with van der Waals surface area (Å²) < 4.78 is 10.8. The largest absolute Gasteiger partial charge is 0.465 e. The molecule has 0 saturated carbocycles. The Labute approximate surface area is 113 Å². The third-order valence-electron chi connectivity index (χ3n) is 2.73.